The third-order valence-corrected chi connectivity index (χ3v) is 5.84. The van der Waals surface area contributed by atoms with Gasteiger partial charge in [-0.05, 0) is 24.6 Å². The summed E-state index contributed by atoms with van der Waals surface area (Å²) < 4.78 is 66.3. The number of pyridine rings is 1. The number of nitrogens with zero attached hydrogens (tertiary/aromatic N) is 1. The van der Waals surface area contributed by atoms with E-state index in [0.717, 1.165) is 12.5 Å². The highest BCUT2D eigenvalue weighted by molar-refractivity contribution is 7.89. The van der Waals surface area contributed by atoms with E-state index in [4.69, 9.17) is 0 Å². The van der Waals surface area contributed by atoms with E-state index in [2.05, 4.69) is 4.98 Å². The maximum absolute atomic E-state index is 13.2. The Morgan fingerprint density at radius 1 is 1.16 bits per heavy atom. The van der Waals surface area contributed by atoms with Crippen molar-refractivity contribution in [2.24, 2.45) is 0 Å². The van der Waals surface area contributed by atoms with E-state index in [1.807, 2.05) is 6.92 Å². The molecule has 0 fully saturated rings. The van der Waals surface area contributed by atoms with E-state index in [9.17, 15) is 26.4 Å². The van der Waals surface area contributed by atoms with Gasteiger partial charge in [0.2, 0.25) is 15.6 Å². The van der Waals surface area contributed by atoms with Gasteiger partial charge in [-0.1, -0.05) is 20.3 Å². The van der Waals surface area contributed by atoms with Crippen molar-refractivity contribution >= 4 is 20.9 Å². The molecule has 1 aromatic heterocycles. The lowest BCUT2D eigenvalue weighted by molar-refractivity contribution is -0.136. The number of alkyl halides is 3. The van der Waals surface area contributed by atoms with Crippen molar-refractivity contribution in [2.45, 2.75) is 37.8 Å². The minimum Gasteiger partial charge on any atom is -0.322 e. The molecule has 5 nitrogen and oxygen atoms in total. The maximum atomic E-state index is 13.2. The van der Waals surface area contributed by atoms with E-state index < -0.39 is 27.3 Å². The van der Waals surface area contributed by atoms with E-state index in [1.165, 1.54) is 16.4 Å². The monoisotopic (exact) mass is 376 g/mol. The van der Waals surface area contributed by atoms with Gasteiger partial charge >= 0.3 is 6.18 Å². The molecule has 0 saturated heterocycles. The second-order valence-corrected chi connectivity index (χ2v) is 7.54. The average molecular weight is 376 g/mol. The highest BCUT2D eigenvalue weighted by atomic mass is 32.2. The summed E-state index contributed by atoms with van der Waals surface area (Å²) in [5.41, 5.74) is -2.11. The minimum absolute atomic E-state index is 0.0598. The number of H-pyrrole nitrogens is 1. The molecule has 0 spiro atoms. The van der Waals surface area contributed by atoms with Crippen LogP contribution in [0, 0.1) is 0 Å². The first-order chi connectivity index (χ1) is 11.6. The van der Waals surface area contributed by atoms with Gasteiger partial charge in [-0.3, -0.25) is 4.79 Å². The van der Waals surface area contributed by atoms with E-state index >= 15 is 0 Å². The van der Waals surface area contributed by atoms with Crippen LogP contribution in [0.3, 0.4) is 0 Å². The van der Waals surface area contributed by atoms with E-state index in [0.29, 0.717) is 19.0 Å². The molecule has 0 radical (unpaired) electrons. The minimum atomic E-state index is -4.76. The number of benzene rings is 1. The number of nitrogens with one attached hydrogen (secondary N) is 1. The number of hydrogen-bond donors (Lipinski definition) is 1. The van der Waals surface area contributed by atoms with Crippen molar-refractivity contribution in [3.05, 3.63) is 40.2 Å². The first-order valence-electron chi connectivity index (χ1n) is 7.85. The van der Waals surface area contributed by atoms with E-state index in [-0.39, 0.29) is 22.3 Å². The van der Waals surface area contributed by atoms with Gasteiger partial charge in [0.15, 0.2) is 0 Å². The fourth-order valence-electron chi connectivity index (χ4n) is 2.56. The van der Waals surface area contributed by atoms with Gasteiger partial charge in [-0.2, -0.15) is 17.5 Å². The van der Waals surface area contributed by atoms with Crippen LogP contribution >= 0.6 is 0 Å². The number of hydrogen-bond acceptors (Lipinski definition) is 3. The lowest BCUT2D eigenvalue weighted by atomic mass is 10.1. The third-order valence-electron chi connectivity index (χ3n) is 3.87. The summed E-state index contributed by atoms with van der Waals surface area (Å²) in [6, 6.07) is 3.81. The molecule has 0 aliphatic carbocycles. The van der Waals surface area contributed by atoms with Gasteiger partial charge in [0.05, 0.1) is 10.5 Å². The molecule has 0 unspecified atom stereocenters. The van der Waals surface area contributed by atoms with Gasteiger partial charge in [0.25, 0.3) is 0 Å². The second kappa shape index (κ2) is 7.17. The number of unbranched alkanes of at least 4 members (excludes halogenated alkanes) is 1. The van der Waals surface area contributed by atoms with Gasteiger partial charge < -0.3 is 4.98 Å². The summed E-state index contributed by atoms with van der Waals surface area (Å²) in [5, 5.41) is -0.347. The van der Waals surface area contributed by atoms with Crippen molar-refractivity contribution in [2.75, 3.05) is 13.1 Å². The zero-order chi connectivity index (χ0) is 18.8. The van der Waals surface area contributed by atoms with E-state index in [1.54, 1.807) is 6.92 Å². The lowest BCUT2D eigenvalue weighted by Gasteiger charge is -2.20. The zero-order valence-electron chi connectivity index (χ0n) is 13.9. The van der Waals surface area contributed by atoms with Crippen molar-refractivity contribution in [3.8, 4) is 0 Å². The number of sulfonamides is 1. The smallest absolute Gasteiger partial charge is 0.322 e. The molecule has 2 aromatic rings. The Morgan fingerprint density at radius 3 is 2.40 bits per heavy atom. The van der Waals surface area contributed by atoms with Crippen LogP contribution in [0.4, 0.5) is 13.2 Å². The van der Waals surface area contributed by atoms with Crippen molar-refractivity contribution in [1.29, 1.82) is 0 Å². The van der Waals surface area contributed by atoms with Crippen LogP contribution in [0.2, 0.25) is 0 Å². The van der Waals surface area contributed by atoms with Crippen LogP contribution < -0.4 is 5.56 Å². The molecular formula is C16H19F3N2O3S. The molecule has 1 heterocycles. The van der Waals surface area contributed by atoms with Gasteiger partial charge in [0, 0.05) is 30.1 Å². The number of halogens is 3. The molecular weight excluding hydrogens is 357 g/mol. The Balaban J connectivity index is 2.64. The summed E-state index contributed by atoms with van der Waals surface area (Å²) in [5.74, 6) is 0. The van der Waals surface area contributed by atoms with Crippen LogP contribution in [0.25, 0.3) is 10.9 Å². The Labute approximate surface area is 143 Å². The zero-order valence-corrected chi connectivity index (χ0v) is 14.7. The standard InChI is InChI=1S/C16H19F3N2O3S/c1-3-5-8-21(4-2)25(23,24)11-6-7-14-12(9-11)13(16(17,18)19)10-15(22)20-14/h6-7,9-10H,3-5,8H2,1-2H3,(H,20,22). The molecule has 0 amide bonds. The molecule has 2 rings (SSSR count). The van der Waals surface area contributed by atoms with Crippen LogP contribution in [-0.2, 0) is 16.2 Å². The molecule has 0 atom stereocenters. The summed E-state index contributed by atoms with van der Waals surface area (Å²) in [7, 11) is -3.91. The molecule has 0 aliphatic heterocycles. The van der Waals surface area contributed by atoms with Crippen molar-refractivity contribution < 1.29 is 21.6 Å². The van der Waals surface area contributed by atoms with Crippen LogP contribution in [0.1, 0.15) is 32.3 Å². The highest BCUT2D eigenvalue weighted by Crippen LogP contribution is 2.34. The SMILES string of the molecule is CCCCN(CC)S(=O)(=O)c1ccc2[nH]c(=O)cc(C(F)(F)F)c2c1. The molecule has 9 heteroatoms. The predicted octanol–water partition coefficient (Wildman–Crippen LogP) is 3.36. The molecule has 1 aromatic carbocycles. The summed E-state index contributed by atoms with van der Waals surface area (Å²) in [6.45, 7) is 4.11. The molecule has 0 bridgehead atoms. The Kier molecular flexibility index (Phi) is 5.58. The number of fused-ring (bicyclic) bond motifs is 1. The largest absolute Gasteiger partial charge is 0.417 e. The molecule has 138 valence electrons. The Hall–Kier alpha value is -1.87. The second-order valence-electron chi connectivity index (χ2n) is 5.60. The highest BCUT2D eigenvalue weighted by Gasteiger charge is 2.34. The van der Waals surface area contributed by atoms with Crippen LogP contribution in [0.15, 0.2) is 34.0 Å². The van der Waals surface area contributed by atoms with Gasteiger partial charge in [-0.15, -0.1) is 0 Å². The summed E-state index contributed by atoms with van der Waals surface area (Å²) >= 11 is 0. The lowest BCUT2D eigenvalue weighted by Crippen LogP contribution is -2.31. The topological polar surface area (TPSA) is 70.2 Å². The average Bonchev–Trinajstić information content (AvgIpc) is 2.53. The number of rotatable bonds is 6. The molecule has 0 aliphatic rings. The fourth-order valence-corrected chi connectivity index (χ4v) is 4.07. The van der Waals surface area contributed by atoms with Gasteiger partial charge in [0.1, 0.15) is 0 Å². The summed E-state index contributed by atoms with van der Waals surface area (Å²) in [6.07, 6.45) is -3.31. The molecule has 1 N–H and O–H groups in total. The van der Waals surface area contributed by atoms with Crippen molar-refractivity contribution in [1.82, 2.24) is 9.29 Å². The molecule has 25 heavy (non-hydrogen) atoms. The maximum Gasteiger partial charge on any atom is 0.417 e. The molecule has 0 saturated carbocycles. The van der Waals surface area contributed by atoms with Crippen molar-refractivity contribution in [3.63, 3.8) is 0 Å². The first-order valence-corrected chi connectivity index (χ1v) is 9.29. The first kappa shape index (κ1) is 19.5. The quantitative estimate of drug-likeness (QED) is 0.840. The number of aromatic nitrogens is 1. The van der Waals surface area contributed by atoms with Crippen LogP contribution in [-0.4, -0.2) is 30.8 Å². The third kappa shape index (κ3) is 4.04. The summed E-state index contributed by atoms with van der Waals surface area (Å²) in [4.78, 5) is 13.5. The fraction of sp³-hybridized carbons (Fsp3) is 0.438. The normalized spacial score (nSPS) is 12.9. The number of aromatic amines is 1. The Bertz CT molecular complexity index is 920. The Morgan fingerprint density at radius 2 is 1.84 bits per heavy atom. The van der Waals surface area contributed by atoms with Crippen LogP contribution in [0.5, 0.6) is 0 Å². The predicted molar refractivity (Wildman–Crippen MR) is 88.9 cm³/mol. The van der Waals surface area contributed by atoms with Gasteiger partial charge in [-0.25, -0.2) is 8.42 Å².